The summed E-state index contributed by atoms with van der Waals surface area (Å²) in [5.41, 5.74) is 0. The quantitative estimate of drug-likeness (QED) is 0.670. The average molecular weight is 194 g/mol. The molecule has 0 amide bonds. The molecule has 0 aliphatic heterocycles. The van der Waals surface area contributed by atoms with Crippen molar-refractivity contribution in [1.29, 1.82) is 0 Å². The Morgan fingerprint density at radius 1 is 1.15 bits per heavy atom. The van der Waals surface area contributed by atoms with Gasteiger partial charge >= 0.3 is 12.3 Å². The minimum atomic E-state index is -1.25. The summed E-state index contributed by atoms with van der Waals surface area (Å²) in [7, 11) is 1.10. The van der Waals surface area contributed by atoms with E-state index in [-0.39, 0.29) is 0 Å². The standard InChI is InChI=1S/C5H10O3.C2H4O3/c1-3-7-5(6)8-4-2;1-5-2(3)4/h3-4H2,1-2H3;1H3,(H,3,4). The molecule has 0 spiro atoms. The zero-order valence-corrected chi connectivity index (χ0v) is 7.90. The molecule has 0 aromatic rings. The van der Waals surface area contributed by atoms with Crippen molar-refractivity contribution in [2.75, 3.05) is 20.3 Å². The fraction of sp³-hybridized carbons (Fsp3) is 0.714. The molecule has 13 heavy (non-hydrogen) atoms. The van der Waals surface area contributed by atoms with E-state index < -0.39 is 12.3 Å². The van der Waals surface area contributed by atoms with Gasteiger partial charge in [0.25, 0.3) is 0 Å². The molecule has 6 heteroatoms. The van der Waals surface area contributed by atoms with Crippen LogP contribution in [0.4, 0.5) is 9.59 Å². The first-order valence-electron chi connectivity index (χ1n) is 3.64. The molecule has 0 aliphatic rings. The van der Waals surface area contributed by atoms with Gasteiger partial charge in [-0.25, -0.2) is 9.59 Å². The van der Waals surface area contributed by atoms with Gasteiger partial charge < -0.3 is 19.3 Å². The lowest BCUT2D eigenvalue weighted by atomic mass is 10.8. The van der Waals surface area contributed by atoms with E-state index >= 15 is 0 Å². The van der Waals surface area contributed by atoms with Crippen LogP contribution in [0.5, 0.6) is 0 Å². The number of carbonyl (C=O) groups excluding carboxylic acids is 1. The number of rotatable bonds is 2. The Morgan fingerprint density at radius 3 is 1.62 bits per heavy atom. The van der Waals surface area contributed by atoms with Gasteiger partial charge in [0.15, 0.2) is 0 Å². The Labute approximate surface area is 76.4 Å². The maximum Gasteiger partial charge on any atom is 0.508 e. The number of ether oxygens (including phenoxy) is 3. The first kappa shape index (κ1) is 14.1. The van der Waals surface area contributed by atoms with E-state index in [1.807, 2.05) is 0 Å². The van der Waals surface area contributed by atoms with Crippen molar-refractivity contribution in [3.8, 4) is 0 Å². The van der Waals surface area contributed by atoms with Crippen LogP contribution in [-0.2, 0) is 14.2 Å². The monoisotopic (exact) mass is 194 g/mol. The number of carbonyl (C=O) groups is 2. The van der Waals surface area contributed by atoms with E-state index in [0.29, 0.717) is 13.2 Å². The van der Waals surface area contributed by atoms with Gasteiger partial charge in [-0.3, -0.25) is 0 Å². The molecule has 0 aromatic heterocycles. The van der Waals surface area contributed by atoms with E-state index in [1.165, 1.54) is 0 Å². The third-order valence-corrected chi connectivity index (χ3v) is 0.699. The van der Waals surface area contributed by atoms with Gasteiger partial charge in [0.05, 0.1) is 20.3 Å². The van der Waals surface area contributed by atoms with E-state index in [2.05, 4.69) is 14.2 Å². The molecule has 0 atom stereocenters. The molecule has 78 valence electrons. The molecular formula is C7H14O6. The van der Waals surface area contributed by atoms with Crippen LogP contribution in [0.15, 0.2) is 0 Å². The largest absolute Gasteiger partial charge is 0.508 e. The minimum Gasteiger partial charge on any atom is -0.450 e. The highest BCUT2D eigenvalue weighted by atomic mass is 16.7. The molecule has 0 rings (SSSR count). The summed E-state index contributed by atoms with van der Waals surface area (Å²) >= 11 is 0. The van der Waals surface area contributed by atoms with E-state index in [9.17, 15) is 4.79 Å². The van der Waals surface area contributed by atoms with Gasteiger partial charge in [-0.15, -0.1) is 0 Å². The lowest BCUT2D eigenvalue weighted by Crippen LogP contribution is -2.05. The molecule has 6 nitrogen and oxygen atoms in total. The molecule has 0 heterocycles. The third-order valence-electron chi connectivity index (χ3n) is 0.699. The lowest BCUT2D eigenvalue weighted by Gasteiger charge is -1.98. The maximum atomic E-state index is 10.2. The molecule has 0 saturated heterocycles. The van der Waals surface area contributed by atoms with Crippen LogP contribution in [0.1, 0.15) is 13.8 Å². The van der Waals surface area contributed by atoms with Crippen LogP contribution in [0.3, 0.4) is 0 Å². The second-order valence-electron chi connectivity index (χ2n) is 1.59. The van der Waals surface area contributed by atoms with E-state index in [1.54, 1.807) is 13.8 Å². The van der Waals surface area contributed by atoms with E-state index in [0.717, 1.165) is 7.11 Å². The fourth-order valence-corrected chi connectivity index (χ4v) is 0.277. The first-order chi connectivity index (χ1) is 6.08. The Hall–Kier alpha value is -1.46. The molecule has 1 N–H and O–H groups in total. The average Bonchev–Trinajstić information content (AvgIpc) is 2.06. The summed E-state index contributed by atoms with van der Waals surface area (Å²) in [6.07, 6.45) is -1.83. The molecule has 0 aliphatic carbocycles. The number of carboxylic acid groups (broad SMARTS) is 1. The summed E-state index contributed by atoms with van der Waals surface area (Å²) in [6.45, 7) is 4.21. The predicted octanol–water partition coefficient (Wildman–Crippen LogP) is 1.49. The predicted molar refractivity (Wildman–Crippen MR) is 43.7 cm³/mol. The highest BCUT2D eigenvalue weighted by molar-refractivity contribution is 5.59. The highest BCUT2D eigenvalue weighted by Crippen LogP contribution is 1.81. The SMILES string of the molecule is CCOC(=O)OCC.COC(=O)O. The second kappa shape index (κ2) is 10.5. The second-order valence-corrected chi connectivity index (χ2v) is 1.59. The molecule has 0 fully saturated rings. The molecule has 0 aromatic carbocycles. The lowest BCUT2D eigenvalue weighted by molar-refractivity contribution is 0.0630. The van der Waals surface area contributed by atoms with Crippen LogP contribution < -0.4 is 0 Å². The van der Waals surface area contributed by atoms with Gasteiger partial charge in [0, 0.05) is 0 Å². The van der Waals surface area contributed by atoms with Gasteiger partial charge in [0.2, 0.25) is 0 Å². The number of methoxy groups -OCH3 is 1. The zero-order valence-electron chi connectivity index (χ0n) is 7.90. The van der Waals surface area contributed by atoms with E-state index in [4.69, 9.17) is 9.90 Å². The maximum absolute atomic E-state index is 10.2. The Balaban J connectivity index is 0. The van der Waals surface area contributed by atoms with Crippen molar-refractivity contribution in [1.82, 2.24) is 0 Å². The van der Waals surface area contributed by atoms with Gasteiger partial charge in [-0.1, -0.05) is 0 Å². The molecule has 0 bridgehead atoms. The highest BCUT2D eigenvalue weighted by Gasteiger charge is 1.96. The van der Waals surface area contributed by atoms with Gasteiger partial charge in [0.1, 0.15) is 0 Å². The minimum absolute atomic E-state index is 0.374. The van der Waals surface area contributed by atoms with Crippen LogP contribution >= 0.6 is 0 Å². The van der Waals surface area contributed by atoms with Crippen LogP contribution in [0.25, 0.3) is 0 Å². The van der Waals surface area contributed by atoms with Gasteiger partial charge in [-0.2, -0.15) is 0 Å². The zero-order chi connectivity index (χ0) is 10.7. The van der Waals surface area contributed by atoms with Crippen LogP contribution in [-0.4, -0.2) is 37.7 Å². The molecule has 0 radical (unpaired) electrons. The smallest absolute Gasteiger partial charge is 0.450 e. The Bertz CT molecular complexity index is 136. The Kier molecular flexibility index (Phi) is 11.4. The van der Waals surface area contributed by atoms with Crippen molar-refractivity contribution in [3.63, 3.8) is 0 Å². The summed E-state index contributed by atoms with van der Waals surface area (Å²) in [5.74, 6) is 0. The van der Waals surface area contributed by atoms with Crippen molar-refractivity contribution >= 4 is 12.3 Å². The molecule has 0 saturated carbocycles. The van der Waals surface area contributed by atoms with Crippen molar-refractivity contribution in [3.05, 3.63) is 0 Å². The number of hydrogen-bond acceptors (Lipinski definition) is 5. The Morgan fingerprint density at radius 2 is 1.46 bits per heavy atom. The van der Waals surface area contributed by atoms with Crippen molar-refractivity contribution in [2.45, 2.75) is 13.8 Å². The van der Waals surface area contributed by atoms with Crippen LogP contribution in [0, 0.1) is 0 Å². The topological polar surface area (TPSA) is 82.1 Å². The fourth-order valence-electron chi connectivity index (χ4n) is 0.277. The summed E-state index contributed by atoms with van der Waals surface area (Å²) in [4.78, 5) is 19.3. The first-order valence-corrected chi connectivity index (χ1v) is 3.64. The third kappa shape index (κ3) is 18.0. The molecule has 0 unspecified atom stereocenters. The van der Waals surface area contributed by atoms with Gasteiger partial charge in [-0.05, 0) is 13.8 Å². The summed E-state index contributed by atoms with van der Waals surface area (Å²) in [6, 6.07) is 0. The summed E-state index contributed by atoms with van der Waals surface area (Å²) in [5, 5.41) is 7.50. The molecular weight excluding hydrogens is 180 g/mol. The van der Waals surface area contributed by atoms with Crippen molar-refractivity contribution in [2.24, 2.45) is 0 Å². The van der Waals surface area contributed by atoms with Crippen molar-refractivity contribution < 1.29 is 28.9 Å². The normalized spacial score (nSPS) is 7.62. The van der Waals surface area contributed by atoms with Crippen LogP contribution in [0.2, 0.25) is 0 Å². The summed E-state index contributed by atoms with van der Waals surface area (Å²) < 4.78 is 12.5. The number of hydrogen-bond donors (Lipinski definition) is 1.